The molecule has 0 saturated carbocycles. The van der Waals surface area contributed by atoms with Crippen molar-refractivity contribution in [1.82, 2.24) is 4.98 Å². The number of hydrogen-bond acceptors (Lipinski definition) is 1. The lowest BCUT2D eigenvalue weighted by Crippen LogP contribution is -3.00. The van der Waals surface area contributed by atoms with Gasteiger partial charge in [0.2, 0.25) is 0 Å². The molecule has 3 aromatic rings. The fraction of sp³-hybridized carbons (Fsp3) is 0.643. The quantitative estimate of drug-likeness (QED) is 0.0681. The molecule has 0 N–H and O–H groups in total. The summed E-state index contributed by atoms with van der Waals surface area (Å²) in [5.74, 6) is 0. The van der Waals surface area contributed by atoms with Gasteiger partial charge in [-0.2, -0.15) is 0 Å². The second kappa shape index (κ2) is 29.5. The molecule has 1 heterocycles. The van der Waals surface area contributed by atoms with Crippen molar-refractivity contribution in [2.45, 2.75) is 155 Å². The van der Waals surface area contributed by atoms with E-state index in [4.69, 9.17) is 0 Å². The highest BCUT2D eigenvalue weighted by Gasteiger charge is 2.14. The molecule has 2 nitrogen and oxygen atoms in total. The molecular formula is C42H70Cl2N2. The Labute approximate surface area is 298 Å². The number of halogens is 2. The maximum atomic E-state index is 4.58. The summed E-state index contributed by atoms with van der Waals surface area (Å²) in [6, 6.07) is 21.6. The molecule has 0 aliphatic carbocycles. The summed E-state index contributed by atoms with van der Waals surface area (Å²) >= 11 is 0. The zero-order valence-electron chi connectivity index (χ0n) is 30.3. The minimum atomic E-state index is 0. The van der Waals surface area contributed by atoms with Crippen LogP contribution in [-0.4, -0.2) is 30.1 Å². The van der Waals surface area contributed by atoms with Gasteiger partial charge in [0.1, 0.15) is 6.54 Å². The number of aryl methyl sites for hydroxylation is 1. The lowest BCUT2D eigenvalue weighted by Gasteiger charge is -2.30. The van der Waals surface area contributed by atoms with Gasteiger partial charge in [-0.25, -0.2) is 0 Å². The van der Waals surface area contributed by atoms with Crippen molar-refractivity contribution < 1.29 is 16.9 Å². The molecule has 0 bridgehead atoms. The fourth-order valence-electron chi connectivity index (χ4n) is 6.35. The molecule has 0 amide bonds. The summed E-state index contributed by atoms with van der Waals surface area (Å²) in [6.45, 7) is 7.02. The normalized spacial score (nSPS) is 11.0. The second-order valence-corrected chi connectivity index (χ2v) is 13.9. The molecule has 0 aliphatic heterocycles. The number of rotatable bonds is 24. The van der Waals surface area contributed by atoms with Crippen LogP contribution in [0.2, 0.25) is 0 Å². The first-order valence-corrected chi connectivity index (χ1v) is 18.7. The van der Waals surface area contributed by atoms with Gasteiger partial charge in [0, 0.05) is 22.8 Å². The number of aromatic nitrogens is 1. The van der Waals surface area contributed by atoms with Crippen LogP contribution in [0.3, 0.4) is 0 Å². The van der Waals surface area contributed by atoms with Gasteiger partial charge in [0.25, 0.3) is 0 Å². The van der Waals surface area contributed by atoms with Gasteiger partial charge in [-0.3, -0.25) is 4.98 Å². The maximum absolute atomic E-state index is 4.58. The molecule has 0 aliphatic rings. The van der Waals surface area contributed by atoms with E-state index in [1.807, 2.05) is 6.20 Å². The highest BCUT2D eigenvalue weighted by Crippen LogP contribution is 2.19. The Morgan fingerprint density at radius 3 is 1.52 bits per heavy atom. The van der Waals surface area contributed by atoms with Crippen LogP contribution >= 0.6 is 12.4 Å². The van der Waals surface area contributed by atoms with Crippen LogP contribution in [0.5, 0.6) is 0 Å². The fourth-order valence-corrected chi connectivity index (χ4v) is 6.35. The molecule has 1 aromatic heterocycles. The van der Waals surface area contributed by atoms with Crippen molar-refractivity contribution in [2.24, 2.45) is 0 Å². The van der Waals surface area contributed by atoms with E-state index in [2.05, 4.69) is 93.6 Å². The van der Waals surface area contributed by atoms with Crippen LogP contribution in [0.15, 0.2) is 66.9 Å². The largest absolute Gasteiger partial charge is 1.00 e. The van der Waals surface area contributed by atoms with Gasteiger partial charge in [-0.1, -0.05) is 178 Å². The number of fused-ring (bicyclic) bond motifs is 1. The lowest BCUT2D eigenvalue weighted by molar-refractivity contribution is -0.903. The van der Waals surface area contributed by atoms with E-state index in [1.54, 1.807) is 0 Å². The third-order valence-electron chi connectivity index (χ3n) is 9.09. The zero-order valence-corrected chi connectivity index (χ0v) is 31.9. The SMILES string of the molecule is CCCCCCCCCCCC[N+](C)(C)Cc1ccccc1.CCCCCCCCCCCCc1nccc2ccccc12.Cl.[Cl-]. The molecule has 2 aromatic carbocycles. The predicted molar refractivity (Wildman–Crippen MR) is 204 cm³/mol. The first-order valence-electron chi connectivity index (χ1n) is 18.7. The van der Waals surface area contributed by atoms with Crippen LogP contribution in [0.4, 0.5) is 0 Å². The summed E-state index contributed by atoms with van der Waals surface area (Å²) in [4.78, 5) is 4.58. The van der Waals surface area contributed by atoms with Crippen LogP contribution in [0.25, 0.3) is 10.8 Å². The molecule has 3 rings (SSSR count). The number of quaternary nitrogens is 1. The first kappa shape index (κ1) is 44.4. The van der Waals surface area contributed by atoms with E-state index in [0.717, 1.165) is 17.4 Å². The summed E-state index contributed by atoms with van der Waals surface area (Å²) in [5.41, 5.74) is 2.73. The van der Waals surface area contributed by atoms with E-state index < -0.39 is 0 Å². The molecule has 0 saturated heterocycles. The third kappa shape index (κ3) is 22.0. The average molecular weight is 674 g/mol. The smallest absolute Gasteiger partial charge is 0.104 e. The van der Waals surface area contributed by atoms with E-state index in [9.17, 15) is 0 Å². The van der Waals surface area contributed by atoms with Crippen molar-refractivity contribution in [3.05, 3.63) is 78.1 Å². The van der Waals surface area contributed by atoms with E-state index in [1.165, 1.54) is 157 Å². The summed E-state index contributed by atoms with van der Waals surface area (Å²) in [7, 11) is 4.72. The van der Waals surface area contributed by atoms with Crippen LogP contribution in [-0.2, 0) is 13.0 Å². The predicted octanol–water partition coefficient (Wildman–Crippen LogP) is 10.3. The lowest BCUT2D eigenvalue weighted by atomic mass is 10.0. The minimum absolute atomic E-state index is 0. The second-order valence-electron chi connectivity index (χ2n) is 13.9. The molecule has 0 radical (unpaired) electrons. The Morgan fingerprint density at radius 2 is 0.978 bits per heavy atom. The number of unbranched alkanes of at least 4 members (excludes halogenated alkanes) is 18. The van der Waals surface area contributed by atoms with E-state index in [0.29, 0.717) is 0 Å². The molecular weight excluding hydrogens is 603 g/mol. The van der Waals surface area contributed by atoms with Crippen molar-refractivity contribution >= 4 is 23.2 Å². The van der Waals surface area contributed by atoms with Crippen molar-refractivity contribution in [1.29, 1.82) is 0 Å². The Kier molecular flexibility index (Phi) is 28.5. The summed E-state index contributed by atoms with van der Waals surface area (Å²) < 4.78 is 1.11. The van der Waals surface area contributed by atoms with Crippen LogP contribution < -0.4 is 12.4 Å². The molecule has 46 heavy (non-hydrogen) atoms. The molecule has 4 heteroatoms. The average Bonchev–Trinajstić information content (AvgIpc) is 3.03. The monoisotopic (exact) mass is 672 g/mol. The Hall–Kier alpha value is -1.61. The molecule has 0 fully saturated rings. The van der Waals surface area contributed by atoms with Gasteiger partial charge in [0.05, 0.1) is 20.6 Å². The first-order chi connectivity index (χ1) is 21.6. The Morgan fingerprint density at radius 1 is 0.522 bits per heavy atom. The van der Waals surface area contributed by atoms with Crippen LogP contribution in [0.1, 0.15) is 154 Å². The van der Waals surface area contributed by atoms with Crippen LogP contribution in [0, 0.1) is 0 Å². The van der Waals surface area contributed by atoms with Gasteiger partial charge in [0.15, 0.2) is 0 Å². The number of pyridine rings is 1. The van der Waals surface area contributed by atoms with Gasteiger partial charge >= 0.3 is 0 Å². The summed E-state index contributed by atoms with van der Waals surface area (Å²) in [5, 5.41) is 2.65. The van der Waals surface area contributed by atoms with Gasteiger partial charge in [-0.15, -0.1) is 12.4 Å². The Balaban J connectivity index is 0.000000844. The van der Waals surface area contributed by atoms with Crippen molar-refractivity contribution in [2.75, 3.05) is 20.6 Å². The standard InChI is InChI=1S/C21H31N.C21H38N.2ClH/c1-2-3-4-5-6-7-8-9-10-11-16-21-20-15-13-12-14-19(20)17-18-22-21;1-4-5-6-7-8-9-10-11-12-16-19-22(2,3)20-21-17-14-13-15-18-21;;/h12-15,17-18H,2-11,16H2,1H3;13-15,17-18H,4-12,16,19-20H2,1-3H3;2*1H/q;+1;;/p-1. The number of hydrogen-bond donors (Lipinski definition) is 0. The molecule has 0 spiro atoms. The topological polar surface area (TPSA) is 12.9 Å². The molecule has 0 unspecified atom stereocenters. The maximum Gasteiger partial charge on any atom is 0.104 e. The number of nitrogens with zero attached hydrogens (tertiary/aromatic N) is 2. The third-order valence-corrected chi connectivity index (χ3v) is 9.09. The van der Waals surface area contributed by atoms with Gasteiger partial charge in [-0.05, 0) is 37.1 Å². The van der Waals surface area contributed by atoms with Gasteiger partial charge < -0.3 is 16.9 Å². The summed E-state index contributed by atoms with van der Waals surface area (Å²) in [6.07, 6.45) is 31.2. The minimum Gasteiger partial charge on any atom is -1.00 e. The van der Waals surface area contributed by atoms with Crippen molar-refractivity contribution in [3.63, 3.8) is 0 Å². The van der Waals surface area contributed by atoms with Crippen molar-refractivity contribution in [3.8, 4) is 0 Å². The highest BCUT2D eigenvalue weighted by molar-refractivity contribution is 5.85. The number of benzene rings is 2. The van der Waals surface area contributed by atoms with E-state index in [-0.39, 0.29) is 24.8 Å². The Bertz CT molecular complexity index is 1060. The highest BCUT2D eigenvalue weighted by atomic mass is 35.5. The van der Waals surface area contributed by atoms with E-state index >= 15 is 0 Å². The zero-order chi connectivity index (χ0) is 31.6. The molecule has 0 atom stereocenters. The molecule has 262 valence electrons.